The molecule has 0 saturated heterocycles. The zero-order valence-corrected chi connectivity index (χ0v) is 43.1. The summed E-state index contributed by atoms with van der Waals surface area (Å²) in [5, 5.41) is 11.7. The van der Waals surface area contributed by atoms with E-state index in [0.717, 1.165) is 70.6 Å². The van der Waals surface area contributed by atoms with Crippen LogP contribution in [-0.4, -0.2) is 75.5 Å². The van der Waals surface area contributed by atoms with Gasteiger partial charge in [-0.2, -0.15) is 0 Å². The van der Waals surface area contributed by atoms with Crippen molar-refractivity contribution in [2.24, 2.45) is 0 Å². The predicted octanol–water partition coefficient (Wildman–Crippen LogP) is 14.3. The third-order valence-electron chi connectivity index (χ3n) is 11.5. The van der Waals surface area contributed by atoms with Gasteiger partial charge >= 0.3 is 11.9 Å². The van der Waals surface area contributed by atoms with Crippen LogP contribution in [0.4, 0.5) is 0 Å². The van der Waals surface area contributed by atoms with Crippen LogP contribution in [0.2, 0.25) is 0 Å². The van der Waals surface area contributed by atoms with Crippen LogP contribution >= 0.6 is 0 Å². The molecule has 0 rings (SSSR count). The van der Waals surface area contributed by atoms with E-state index >= 15 is 0 Å². The van der Waals surface area contributed by atoms with Crippen LogP contribution in [0, 0.1) is 0 Å². The lowest BCUT2D eigenvalue weighted by Crippen LogP contribution is -2.55. The van der Waals surface area contributed by atoms with E-state index in [9.17, 15) is 19.5 Å². The molecule has 0 saturated carbocycles. The molecule has 0 aliphatic heterocycles. The maximum Gasteiger partial charge on any atom is 0.306 e. The second kappa shape index (κ2) is 48.0. The number of likely N-dealkylation sites (N-methyl/N-ethyl adjacent to an activating group) is 1. The molecule has 0 bridgehead atoms. The van der Waals surface area contributed by atoms with Gasteiger partial charge in [-0.25, -0.2) is 0 Å². The van der Waals surface area contributed by atoms with Gasteiger partial charge in [0.2, 0.25) is 0 Å². The number of rotatable bonds is 47. The molecular formula is C58H99NO7. The first-order chi connectivity index (χ1) is 32.1. The Hall–Kier alpha value is -3.49. The zero-order chi connectivity index (χ0) is 48.4. The highest BCUT2D eigenvalue weighted by atomic mass is 16.6. The minimum atomic E-state index is -1.13. The Balaban J connectivity index is 4.33. The summed E-state index contributed by atoms with van der Waals surface area (Å²) in [4.78, 5) is 37.1. The number of carboxylic acid groups (broad SMARTS) is 1. The normalized spacial score (nSPS) is 13.5. The minimum Gasteiger partial charge on any atom is -0.544 e. The van der Waals surface area contributed by atoms with Crippen LogP contribution in [-0.2, 0) is 28.6 Å². The fourth-order valence-corrected chi connectivity index (χ4v) is 7.42. The molecule has 0 radical (unpaired) electrons. The third kappa shape index (κ3) is 45.7. The molecule has 0 aromatic heterocycles. The molecule has 0 N–H and O–H groups in total. The highest BCUT2D eigenvalue weighted by Gasteiger charge is 2.25. The number of nitrogens with zero attached hydrogens (tertiary/aromatic N) is 1. The molecule has 0 spiro atoms. The number of hydrogen-bond donors (Lipinski definition) is 0. The summed E-state index contributed by atoms with van der Waals surface area (Å²) in [6.07, 6.45) is 63.4. The maximum atomic E-state index is 12.8. The van der Waals surface area contributed by atoms with Crippen LogP contribution in [0.1, 0.15) is 213 Å². The van der Waals surface area contributed by atoms with Crippen molar-refractivity contribution in [3.05, 3.63) is 85.1 Å². The Morgan fingerprint density at radius 1 is 0.470 bits per heavy atom. The number of carbonyl (C=O) groups excluding carboxylic acids is 3. The molecule has 0 aromatic carbocycles. The molecule has 8 heteroatoms. The molecule has 0 amide bonds. The van der Waals surface area contributed by atoms with Crippen molar-refractivity contribution in [3.63, 3.8) is 0 Å². The van der Waals surface area contributed by atoms with Gasteiger partial charge in [0.25, 0.3) is 0 Å². The second-order valence-corrected chi connectivity index (χ2v) is 18.7. The van der Waals surface area contributed by atoms with E-state index < -0.39 is 18.1 Å². The van der Waals surface area contributed by atoms with Gasteiger partial charge in [-0.1, -0.05) is 189 Å². The van der Waals surface area contributed by atoms with Crippen LogP contribution in [0.15, 0.2) is 85.1 Å². The Morgan fingerprint density at radius 3 is 1.30 bits per heavy atom. The number of esters is 2. The van der Waals surface area contributed by atoms with Crippen LogP contribution < -0.4 is 5.11 Å². The van der Waals surface area contributed by atoms with Crippen molar-refractivity contribution in [1.82, 2.24) is 0 Å². The monoisotopic (exact) mass is 922 g/mol. The summed E-state index contributed by atoms with van der Waals surface area (Å²) in [5.74, 6) is -1.80. The molecule has 2 atom stereocenters. The Labute approximate surface area is 405 Å². The minimum absolute atomic E-state index is 0.0175. The second-order valence-electron chi connectivity index (χ2n) is 18.7. The standard InChI is InChI=1S/C58H99NO7/c1-6-8-10-12-14-16-18-20-22-24-26-28-30-32-34-36-38-40-42-44-46-48-56(60)65-53-54(52-64-51-50-55(58(62)63)59(3,4)5)66-57(61)49-47-45-43-41-39-37-35-33-31-29-27-25-23-21-19-17-15-13-11-9-7-2/h9,11,15,17,21,23,27-30,33,35,39,41,54-55H,6-8,10,12-14,16,18-20,22,24-26,31-32,34,36-38,40,42-53H2,1-5H3/b11-9+,17-15+,23-21+,29-27+,30-28+,35-33+,41-39+. The van der Waals surface area contributed by atoms with Gasteiger partial charge in [0, 0.05) is 19.3 Å². The smallest absolute Gasteiger partial charge is 0.306 e. The lowest BCUT2D eigenvalue weighted by Gasteiger charge is -2.34. The van der Waals surface area contributed by atoms with E-state index in [1.165, 1.54) is 103 Å². The number of hydrogen-bond acceptors (Lipinski definition) is 7. The molecule has 0 aromatic rings. The predicted molar refractivity (Wildman–Crippen MR) is 277 cm³/mol. The molecule has 0 aliphatic rings. The van der Waals surface area contributed by atoms with E-state index in [0.29, 0.717) is 12.8 Å². The average Bonchev–Trinajstić information content (AvgIpc) is 3.28. The maximum absolute atomic E-state index is 12.8. The average molecular weight is 922 g/mol. The highest BCUT2D eigenvalue weighted by molar-refractivity contribution is 5.70. The number of carboxylic acids is 1. The molecule has 2 unspecified atom stereocenters. The largest absolute Gasteiger partial charge is 0.544 e. The molecule has 378 valence electrons. The molecule has 8 nitrogen and oxygen atoms in total. The van der Waals surface area contributed by atoms with E-state index in [-0.39, 0.29) is 49.1 Å². The quantitative estimate of drug-likeness (QED) is 0.0259. The summed E-state index contributed by atoms with van der Waals surface area (Å²) in [6.45, 7) is 4.51. The van der Waals surface area contributed by atoms with E-state index in [1.54, 1.807) is 21.1 Å². The van der Waals surface area contributed by atoms with Gasteiger partial charge < -0.3 is 28.6 Å². The van der Waals surface area contributed by atoms with Crippen molar-refractivity contribution >= 4 is 17.9 Å². The molecule has 66 heavy (non-hydrogen) atoms. The van der Waals surface area contributed by atoms with Gasteiger partial charge in [-0.15, -0.1) is 0 Å². The fourth-order valence-electron chi connectivity index (χ4n) is 7.42. The Kier molecular flexibility index (Phi) is 45.4. The summed E-state index contributed by atoms with van der Waals surface area (Å²) in [6, 6.07) is -0.740. The molecule has 0 heterocycles. The Bertz CT molecular complexity index is 1350. The van der Waals surface area contributed by atoms with Crippen molar-refractivity contribution in [1.29, 1.82) is 0 Å². The summed E-state index contributed by atoms with van der Waals surface area (Å²) >= 11 is 0. The van der Waals surface area contributed by atoms with Gasteiger partial charge in [-0.3, -0.25) is 9.59 Å². The van der Waals surface area contributed by atoms with Crippen molar-refractivity contribution in [2.75, 3.05) is 41.0 Å². The van der Waals surface area contributed by atoms with Crippen LogP contribution in [0.25, 0.3) is 0 Å². The van der Waals surface area contributed by atoms with E-state index in [2.05, 4.69) is 98.9 Å². The molecular weight excluding hydrogens is 823 g/mol. The number of ether oxygens (including phenoxy) is 3. The first-order valence-corrected chi connectivity index (χ1v) is 26.6. The SMILES string of the molecule is CC/C=C/C/C=C/C/C=C/C/C=C/C/C=C/C/C=C/CCCCC(=O)OC(COCCC(C(=O)[O-])[N+](C)(C)C)COC(=O)CCCCCCCCC/C=C/CCCCCCCCCCCC. The third-order valence-corrected chi connectivity index (χ3v) is 11.5. The summed E-state index contributed by atoms with van der Waals surface area (Å²) in [7, 11) is 5.39. The number of quaternary nitrogens is 1. The van der Waals surface area contributed by atoms with Crippen LogP contribution in [0.3, 0.4) is 0 Å². The Morgan fingerprint density at radius 2 is 0.848 bits per heavy atom. The number of carbonyl (C=O) groups is 3. The zero-order valence-electron chi connectivity index (χ0n) is 43.1. The molecule has 0 fully saturated rings. The van der Waals surface area contributed by atoms with Gasteiger partial charge in [0.15, 0.2) is 6.10 Å². The van der Waals surface area contributed by atoms with Crippen molar-refractivity contribution < 1.29 is 38.2 Å². The topological polar surface area (TPSA) is 102 Å². The lowest BCUT2D eigenvalue weighted by molar-refractivity contribution is -0.889. The van der Waals surface area contributed by atoms with E-state index in [1.807, 2.05) is 0 Å². The number of aliphatic carboxylic acids is 1. The van der Waals surface area contributed by atoms with Gasteiger partial charge in [-0.05, 0) is 89.9 Å². The molecule has 0 aliphatic carbocycles. The van der Waals surface area contributed by atoms with E-state index in [4.69, 9.17) is 14.2 Å². The highest BCUT2D eigenvalue weighted by Crippen LogP contribution is 2.14. The van der Waals surface area contributed by atoms with Crippen LogP contribution in [0.5, 0.6) is 0 Å². The summed E-state index contributed by atoms with van der Waals surface area (Å²) in [5.41, 5.74) is 0. The van der Waals surface area contributed by atoms with Gasteiger partial charge in [0.1, 0.15) is 12.6 Å². The first-order valence-electron chi connectivity index (χ1n) is 26.6. The number of unbranched alkanes of at least 4 members (excludes halogenated alkanes) is 19. The summed E-state index contributed by atoms with van der Waals surface area (Å²) < 4.78 is 17.2. The van der Waals surface area contributed by atoms with Gasteiger partial charge in [0.05, 0.1) is 40.3 Å². The number of allylic oxidation sites excluding steroid dienone is 14. The first kappa shape index (κ1) is 62.5. The van der Waals surface area contributed by atoms with Crippen molar-refractivity contribution in [2.45, 2.75) is 225 Å². The lowest BCUT2D eigenvalue weighted by atomic mass is 10.1. The van der Waals surface area contributed by atoms with Crippen molar-refractivity contribution in [3.8, 4) is 0 Å². The fraction of sp³-hybridized carbons (Fsp3) is 0.707.